The number of ketones is 1. The van der Waals surface area contributed by atoms with E-state index in [-0.39, 0.29) is 19.2 Å². The van der Waals surface area contributed by atoms with E-state index in [1.54, 1.807) is 13.8 Å². The van der Waals surface area contributed by atoms with E-state index in [0.717, 1.165) is 0 Å². The van der Waals surface area contributed by atoms with E-state index in [2.05, 4.69) is 0 Å². The lowest BCUT2D eigenvalue weighted by atomic mass is 10.1. The highest BCUT2D eigenvalue weighted by molar-refractivity contribution is 5.81. The third kappa shape index (κ3) is 4.99. The molecular weight excluding hydrogens is 240 g/mol. The predicted octanol–water partition coefficient (Wildman–Crippen LogP) is 0.815. The van der Waals surface area contributed by atoms with E-state index in [4.69, 9.17) is 18.9 Å². The van der Waals surface area contributed by atoms with Crippen molar-refractivity contribution in [3.05, 3.63) is 0 Å². The van der Waals surface area contributed by atoms with Gasteiger partial charge in [0.2, 0.25) is 0 Å². The van der Waals surface area contributed by atoms with Crippen molar-refractivity contribution >= 4 is 5.78 Å². The maximum Gasteiger partial charge on any atom is 0.164 e. The fourth-order valence-corrected chi connectivity index (χ4v) is 1.65. The molecule has 1 saturated heterocycles. The number of carbonyl (C=O) groups is 1. The van der Waals surface area contributed by atoms with Crippen LogP contribution in [-0.2, 0) is 23.7 Å². The molecule has 0 aromatic carbocycles. The molecule has 0 amide bonds. The summed E-state index contributed by atoms with van der Waals surface area (Å²) in [5, 5.41) is 9.32. The first-order valence-electron chi connectivity index (χ1n) is 5.91. The van der Waals surface area contributed by atoms with Gasteiger partial charge in [-0.15, -0.1) is 0 Å². The van der Waals surface area contributed by atoms with Crippen LogP contribution in [0.15, 0.2) is 0 Å². The van der Waals surface area contributed by atoms with Crippen LogP contribution < -0.4 is 0 Å². The standard InChI is InChI=1S/C12H22O6/c1-8(13)10-9(17-12(4,5)18-10)6-15-7-16-11(2,3)14/h9-10,14H,6-7H2,1-5H3/t9-,10+/m0/s1. The van der Waals surface area contributed by atoms with Crippen LogP contribution in [0.4, 0.5) is 0 Å². The highest BCUT2D eigenvalue weighted by atomic mass is 16.8. The second-order valence-corrected chi connectivity index (χ2v) is 5.28. The lowest BCUT2D eigenvalue weighted by molar-refractivity contribution is -0.232. The second-order valence-electron chi connectivity index (χ2n) is 5.28. The third-order valence-electron chi connectivity index (χ3n) is 2.36. The van der Waals surface area contributed by atoms with Gasteiger partial charge in [0.1, 0.15) is 19.0 Å². The molecule has 6 nitrogen and oxygen atoms in total. The van der Waals surface area contributed by atoms with Crippen LogP contribution in [0.1, 0.15) is 34.6 Å². The lowest BCUT2D eigenvalue weighted by Gasteiger charge is -2.20. The summed E-state index contributed by atoms with van der Waals surface area (Å²) in [7, 11) is 0. The molecule has 1 fully saturated rings. The Bertz CT molecular complexity index is 293. The summed E-state index contributed by atoms with van der Waals surface area (Å²) in [6.45, 7) is 8.06. The highest BCUT2D eigenvalue weighted by Crippen LogP contribution is 2.28. The van der Waals surface area contributed by atoms with Crippen molar-refractivity contribution < 1.29 is 28.8 Å². The molecule has 0 saturated carbocycles. The molecule has 1 heterocycles. The second kappa shape index (κ2) is 5.63. The van der Waals surface area contributed by atoms with Crippen LogP contribution in [-0.4, -0.2) is 48.1 Å². The highest BCUT2D eigenvalue weighted by Gasteiger charge is 2.43. The summed E-state index contributed by atoms with van der Waals surface area (Å²) in [5.41, 5.74) is 0. The van der Waals surface area contributed by atoms with Gasteiger partial charge in [0, 0.05) is 0 Å². The monoisotopic (exact) mass is 262 g/mol. The van der Waals surface area contributed by atoms with Gasteiger partial charge in [-0.2, -0.15) is 0 Å². The number of hydrogen-bond donors (Lipinski definition) is 1. The van der Waals surface area contributed by atoms with Crippen LogP contribution in [0.25, 0.3) is 0 Å². The molecule has 0 spiro atoms. The van der Waals surface area contributed by atoms with Crippen molar-refractivity contribution in [2.75, 3.05) is 13.4 Å². The van der Waals surface area contributed by atoms with Gasteiger partial charge in [-0.3, -0.25) is 4.79 Å². The van der Waals surface area contributed by atoms with Gasteiger partial charge in [-0.1, -0.05) is 0 Å². The summed E-state index contributed by atoms with van der Waals surface area (Å²) in [5.74, 6) is -2.13. The number of hydrogen-bond acceptors (Lipinski definition) is 6. The maximum atomic E-state index is 11.4. The molecule has 18 heavy (non-hydrogen) atoms. The molecule has 0 aromatic heterocycles. The van der Waals surface area contributed by atoms with Crippen molar-refractivity contribution in [3.63, 3.8) is 0 Å². The summed E-state index contributed by atoms with van der Waals surface area (Å²) in [6, 6.07) is 0. The minimum atomic E-state index is -1.24. The van der Waals surface area contributed by atoms with Gasteiger partial charge in [0.15, 0.2) is 17.4 Å². The Morgan fingerprint density at radius 3 is 2.50 bits per heavy atom. The van der Waals surface area contributed by atoms with Crippen molar-refractivity contribution in [1.82, 2.24) is 0 Å². The smallest absolute Gasteiger partial charge is 0.164 e. The fraction of sp³-hybridized carbons (Fsp3) is 0.917. The first-order chi connectivity index (χ1) is 8.11. The van der Waals surface area contributed by atoms with Crippen molar-refractivity contribution in [3.8, 4) is 0 Å². The van der Waals surface area contributed by atoms with Crippen LogP contribution in [0.3, 0.4) is 0 Å². The van der Waals surface area contributed by atoms with E-state index in [0.29, 0.717) is 0 Å². The number of rotatable bonds is 6. The third-order valence-corrected chi connectivity index (χ3v) is 2.36. The quantitative estimate of drug-likeness (QED) is 0.564. The van der Waals surface area contributed by atoms with Crippen molar-refractivity contribution in [2.24, 2.45) is 0 Å². The van der Waals surface area contributed by atoms with Crippen LogP contribution in [0.5, 0.6) is 0 Å². The molecule has 0 aromatic rings. The molecular formula is C12H22O6. The Morgan fingerprint density at radius 2 is 2.00 bits per heavy atom. The number of Topliss-reactive ketones (excluding diaryl/α,β-unsaturated/α-hetero) is 1. The average molecular weight is 262 g/mol. The number of ether oxygens (including phenoxy) is 4. The zero-order valence-electron chi connectivity index (χ0n) is 11.6. The number of carbonyl (C=O) groups excluding carboxylic acids is 1. The molecule has 0 aliphatic carbocycles. The molecule has 0 bridgehead atoms. The van der Waals surface area contributed by atoms with Gasteiger partial charge in [-0.25, -0.2) is 0 Å². The molecule has 6 heteroatoms. The van der Waals surface area contributed by atoms with Crippen molar-refractivity contribution in [1.29, 1.82) is 0 Å². The zero-order valence-corrected chi connectivity index (χ0v) is 11.6. The minimum absolute atomic E-state index is 0.0750. The average Bonchev–Trinajstić information content (AvgIpc) is 2.47. The summed E-state index contributed by atoms with van der Waals surface area (Å²) < 4.78 is 21.3. The maximum absolute atomic E-state index is 11.4. The van der Waals surface area contributed by atoms with Gasteiger partial charge < -0.3 is 24.1 Å². The van der Waals surface area contributed by atoms with Crippen molar-refractivity contribution in [2.45, 2.75) is 58.4 Å². The molecule has 1 N–H and O–H groups in total. The van der Waals surface area contributed by atoms with E-state index in [1.165, 1.54) is 20.8 Å². The van der Waals surface area contributed by atoms with Gasteiger partial charge >= 0.3 is 0 Å². The van der Waals surface area contributed by atoms with E-state index >= 15 is 0 Å². The number of aliphatic hydroxyl groups is 1. The van der Waals surface area contributed by atoms with E-state index < -0.39 is 23.8 Å². The Balaban J connectivity index is 2.38. The normalized spacial score (nSPS) is 27.4. The first kappa shape index (κ1) is 15.5. The minimum Gasteiger partial charge on any atom is -0.366 e. The molecule has 0 radical (unpaired) electrons. The lowest BCUT2D eigenvalue weighted by Crippen LogP contribution is -2.34. The SMILES string of the molecule is CC(=O)[C@H]1OC(C)(C)O[C@H]1COCOC(C)(C)O. The molecule has 1 aliphatic rings. The largest absolute Gasteiger partial charge is 0.366 e. The van der Waals surface area contributed by atoms with E-state index in [1.807, 2.05) is 0 Å². The topological polar surface area (TPSA) is 74.2 Å². The predicted molar refractivity (Wildman–Crippen MR) is 62.7 cm³/mol. The Labute approximate surface area is 107 Å². The summed E-state index contributed by atoms with van der Waals surface area (Å²) in [4.78, 5) is 11.4. The van der Waals surface area contributed by atoms with Crippen LogP contribution in [0.2, 0.25) is 0 Å². The molecule has 0 unspecified atom stereocenters. The van der Waals surface area contributed by atoms with Crippen LogP contribution in [0, 0.1) is 0 Å². The first-order valence-corrected chi connectivity index (χ1v) is 5.91. The summed E-state index contributed by atoms with van der Waals surface area (Å²) >= 11 is 0. The van der Waals surface area contributed by atoms with Crippen LogP contribution >= 0.6 is 0 Å². The van der Waals surface area contributed by atoms with Gasteiger partial charge in [0.05, 0.1) is 6.61 Å². The van der Waals surface area contributed by atoms with E-state index in [9.17, 15) is 9.90 Å². The Kier molecular flexibility index (Phi) is 4.85. The molecule has 2 atom stereocenters. The summed E-state index contributed by atoms with van der Waals surface area (Å²) in [6.07, 6.45) is -1.08. The molecule has 1 rings (SSSR count). The fourth-order valence-electron chi connectivity index (χ4n) is 1.65. The van der Waals surface area contributed by atoms with Gasteiger partial charge in [0.25, 0.3) is 0 Å². The Hall–Kier alpha value is -0.530. The Morgan fingerprint density at radius 1 is 1.39 bits per heavy atom. The molecule has 106 valence electrons. The van der Waals surface area contributed by atoms with Gasteiger partial charge in [-0.05, 0) is 34.6 Å². The zero-order chi connectivity index (χ0) is 14.0. The molecule has 1 aliphatic heterocycles.